The molecule has 0 aliphatic heterocycles. The zero-order valence-corrected chi connectivity index (χ0v) is 12.5. The number of carbonyl (C=O) groups is 1. The highest BCUT2D eigenvalue weighted by Crippen LogP contribution is 2.15. The second-order valence-electron chi connectivity index (χ2n) is 5.07. The van der Waals surface area contributed by atoms with Crippen LogP contribution in [0.5, 0.6) is 0 Å². The van der Waals surface area contributed by atoms with Gasteiger partial charge in [-0.15, -0.1) is 5.10 Å². The summed E-state index contributed by atoms with van der Waals surface area (Å²) in [5, 5.41) is 10.9. The van der Waals surface area contributed by atoms with E-state index in [9.17, 15) is 4.79 Å². The van der Waals surface area contributed by atoms with Crippen LogP contribution >= 0.6 is 0 Å². The van der Waals surface area contributed by atoms with E-state index in [1.807, 2.05) is 13.8 Å². The minimum absolute atomic E-state index is 0.145. The van der Waals surface area contributed by atoms with Crippen LogP contribution in [0.4, 0.5) is 11.6 Å². The van der Waals surface area contributed by atoms with Crippen LogP contribution in [-0.4, -0.2) is 35.3 Å². The van der Waals surface area contributed by atoms with E-state index >= 15 is 0 Å². The molecule has 0 aliphatic rings. The van der Waals surface area contributed by atoms with E-state index in [-0.39, 0.29) is 18.3 Å². The minimum atomic E-state index is -0.145. The Morgan fingerprint density at radius 1 is 1.36 bits per heavy atom. The van der Waals surface area contributed by atoms with E-state index in [2.05, 4.69) is 25.5 Å². The van der Waals surface area contributed by atoms with Crippen molar-refractivity contribution in [3.8, 4) is 0 Å². The third-order valence-corrected chi connectivity index (χ3v) is 3.39. The number of carbonyl (C=O) groups excluding carboxylic acids is 1. The number of aromatic nitrogens is 6. The number of anilines is 2. The highest BCUT2D eigenvalue weighted by Gasteiger charge is 2.15. The maximum absolute atomic E-state index is 12.2. The van der Waals surface area contributed by atoms with Gasteiger partial charge in [0.1, 0.15) is 0 Å². The van der Waals surface area contributed by atoms with Gasteiger partial charge in [-0.3, -0.25) is 9.48 Å². The molecule has 3 N–H and O–H groups in total. The zero-order chi connectivity index (χ0) is 15.9. The topological polar surface area (TPSA) is 116 Å². The van der Waals surface area contributed by atoms with Crippen molar-refractivity contribution in [3.63, 3.8) is 0 Å². The lowest BCUT2D eigenvalue weighted by Gasteiger charge is -2.10. The van der Waals surface area contributed by atoms with E-state index in [1.165, 1.54) is 0 Å². The van der Waals surface area contributed by atoms with Gasteiger partial charge >= 0.3 is 0 Å². The molecule has 0 saturated heterocycles. The molecule has 0 unspecified atom stereocenters. The van der Waals surface area contributed by atoms with Crippen molar-refractivity contribution in [2.24, 2.45) is 7.05 Å². The van der Waals surface area contributed by atoms with Gasteiger partial charge in [0.2, 0.25) is 11.9 Å². The fraction of sp³-hybridized carbons (Fsp3) is 0.308. The van der Waals surface area contributed by atoms with E-state index in [4.69, 9.17) is 5.73 Å². The molecule has 0 spiro atoms. The molecule has 9 heteroatoms. The monoisotopic (exact) mass is 300 g/mol. The van der Waals surface area contributed by atoms with Gasteiger partial charge in [-0.25, -0.2) is 4.98 Å². The van der Waals surface area contributed by atoms with Crippen molar-refractivity contribution in [1.29, 1.82) is 0 Å². The number of rotatable bonds is 3. The first kappa shape index (κ1) is 14.0. The third-order valence-electron chi connectivity index (χ3n) is 3.39. The molecule has 0 aromatic carbocycles. The molecule has 0 fully saturated rings. The van der Waals surface area contributed by atoms with Crippen LogP contribution in [0.15, 0.2) is 12.4 Å². The summed E-state index contributed by atoms with van der Waals surface area (Å²) in [7, 11) is 1.79. The summed E-state index contributed by atoms with van der Waals surface area (Å²) >= 11 is 0. The summed E-state index contributed by atoms with van der Waals surface area (Å²) in [6, 6.07) is 0. The van der Waals surface area contributed by atoms with Gasteiger partial charge < -0.3 is 11.1 Å². The maximum Gasteiger partial charge on any atom is 0.254 e. The number of nitrogens with zero attached hydrogens (tertiary/aromatic N) is 6. The highest BCUT2D eigenvalue weighted by molar-refractivity contribution is 5.92. The Kier molecular flexibility index (Phi) is 3.24. The third kappa shape index (κ3) is 2.48. The lowest BCUT2D eigenvalue weighted by Crippen LogP contribution is -2.17. The highest BCUT2D eigenvalue weighted by atomic mass is 16.1. The van der Waals surface area contributed by atoms with Crippen molar-refractivity contribution in [2.45, 2.75) is 20.3 Å². The smallest absolute Gasteiger partial charge is 0.254 e. The number of nitrogen functional groups attached to an aromatic ring is 1. The molecule has 0 aliphatic carbocycles. The first-order chi connectivity index (χ1) is 10.4. The molecule has 3 aromatic heterocycles. The van der Waals surface area contributed by atoms with Gasteiger partial charge in [-0.05, 0) is 13.8 Å². The average Bonchev–Trinajstić information content (AvgIpc) is 3.00. The molecule has 0 radical (unpaired) electrons. The summed E-state index contributed by atoms with van der Waals surface area (Å²) in [6.45, 7) is 3.70. The predicted molar refractivity (Wildman–Crippen MR) is 80.2 cm³/mol. The van der Waals surface area contributed by atoms with Crippen LogP contribution in [0.25, 0.3) is 5.78 Å². The van der Waals surface area contributed by atoms with Gasteiger partial charge in [0.15, 0.2) is 0 Å². The van der Waals surface area contributed by atoms with Crippen LogP contribution < -0.4 is 11.1 Å². The quantitative estimate of drug-likeness (QED) is 0.715. The molecule has 3 heterocycles. The molecule has 114 valence electrons. The molecule has 0 atom stereocenters. The van der Waals surface area contributed by atoms with Gasteiger partial charge in [-0.2, -0.15) is 14.6 Å². The Balaban J connectivity index is 1.88. The lowest BCUT2D eigenvalue weighted by molar-refractivity contribution is -0.115. The maximum atomic E-state index is 12.2. The first-order valence-corrected chi connectivity index (χ1v) is 6.71. The summed E-state index contributed by atoms with van der Waals surface area (Å²) in [4.78, 5) is 20.6. The van der Waals surface area contributed by atoms with Gasteiger partial charge in [-0.1, -0.05) is 0 Å². The molecular weight excluding hydrogens is 284 g/mol. The number of nitrogens with two attached hydrogens (primary N) is 1. The summed E-state index contributed by atoms with van der Waals surface area (Å²) in [5.41, 5.74) is 8.59. The number of aryl methyl sites for hydroxylation is 3. The van der Waals surface area contributed by atoms with E-state index in [0.29, 0.717) is 11.5 Å². The first-order valence-electron chi connectivity index (χ1n) is 6.71. The predicted octanol–water partition coefficient (Wildman–Crippen LogP) is 0.238. The van der Waals surface area contributed by atoms with E-state index in [1.54, 1.807) is 28.6 Å². The Labute approximate surface area is 126 Å². The average molecular weight is 300 g/mol. The second-order valence-corrected chi connectivity index (χ2v) is 5.07. The summed E-state index contributed by atoms with van der Waals surface area (Å²) < 4.78 is 3.17. The summed E-state index contributed by atoms with van der Waals surface area (Å²) in [6.07, 6.45) is 3.52. The minimum Gasteiger partial charge on any atom is -0.366 e. The fourth-order valence-corrected chi connectivity index (χ4v) is 2.33. The van der Waals surface area contributed by atoms with Crippen molar-refractivity contribution in [2.75, 3.05) is 11.1 Å². The lowest BCUT2D eigenvalue weighted by atomic mass is 10.1. The molecule has 3 rings (SSSR count). The molecular formula is C13H16N8O. The van der Waals surface area contributed by atoms with Crippen LogP contribution in [0, 0.1) is 13.8 Å². The standard InChI is InChI=1S/C13H16N8O/c1-7-10(4-11(22)17-9-5-15-20(3)6-9)8(2)21-13(16-7)18-12(14)19-21/h5-6H,4H2,1-3H3,(H2,14,19)(H,17,22). The van der Waals surface area contributed by atoms with Gasteiger partial charge in [0, 0.05) is 30.2 Å². The van der Waals surface area contributed by atoms with Crippen LogP contribution in [-0.2, 0) is 18.3 Å². The van der Waals surface area contributed by atoms with Crippen molar-refractivity contribution in [1.82, 2.24) is 29.4 Å². The number of fused-ring (bicyclic) bond motifs is 1. The number of hydrogen-bond donors (Lipinski definition) is 2. The van der Waals surface area contributed by atoms with Crippen molar-refractivity contribution >= 4 is 23.3 Å². The zero-order valence-electron chi connectivity index (χ0n) is 12.5. The van der Waals surface area contributed by atoms with Gasteiger partial charge in [0.25, 0.3) is 5.78 Å². The molecule has 0 saturated carbocycles. The molecule has 9 nitrogen and oxygen atoms in total. The summed E-state index contributed by atoms with van der Waals surface area (Å²) in [5.74, 6) is 0.448. The normalized spacial score (nSPS) is 11.0. The Morgan fingerprint density at radius 2 is 2.14 bits per heavy atom. The second kappa shape index (κ2) is 5.10. The molecule has 22 heavy (non-hydrogen) atoms. The van der Waals surface area contributed by atoms with E-state index < -0.39 is 0 Å². The van der Waals surface area contributed by atoms with Gasteiger partial charge in [0.05, 0.1) is 18.3 Å². The van der Waals surface area contributed by atoms with Crippen molar-refractivity contribution < 1.29 is 4.79 Å². The molecule has 3 aromatic rings. The van der Waals surface area contributed by atoms with E-state index in [0.717, 1.165) is 17.0 Å². The fourth-order valence-electron chi connectivity index (χ4n) is 2.33. The number of amides is 1. The Bertz CT molecular complexity index is 862. The van der Waals surface area contributed by atoms with Crippen LogP contribution in [0.2, 0.25) is 0 Å². The van der Waals surface area contributed by atoms with Crippen molar-refractivity contribution in [3.05, 3.63) is 29.3 Å². The Hall–Kier alpha value is -2.97. The van der Waals surface area contributed by atoms with Crippen LogP contribution in [0.3, 0.4) is 0 Å². The molecule has 0 bridgehead atoms. The molecule has 1 amide bonds. The number of nitrogens with one attached hydrogen (secondary N) is 1. The van der Waals surface area contributed by atoms with Crippen LogP contribution in [0.1, 0.15) is 17.0 Å². The Morgan fingerprint density at radius 3 is 2.82 bits per heavy atom. The SMILES string of the molecule is Cc1nc2nc(N)nn2c(C)c1CC(=O)Nc1cnn(C)c1. The number of hydrogen-bond acceptors (Lipinski definition) is 6. The largest absolute Gasteiger partial charge is 0.366 e.